The molecule has 0 bridgehead atoms. The summed E-state index contributed by atoms with van der Waals surface area (Å²) in [5.74, 6) is -0.233. The van der Waals surface area contributed by atoms with Gasteiger partial charge in [-0.25, -0.2) is 0 Å². The molecule has 0 radical (unpaired) electrons. The maximum Gasteiger partial charge on any atom is 0.281 e. The standard InChI is InChI=1S/C20H23ClN4O2/c21-16-8-9-23-12-15(16)13-24-19(26)18-7-4-10-25(18)20(27)17(22)11-14-5-2-1-3-6-14/h1-3,5-6,8-9,12,17-18H,4,7,10-11,13,22H2,(H,24,26)/p+1/t17-,18+/m1/s1. The van der Waals surface area contributed by atoms with E-state index in [1.807, 2.05) is 30.3 Å². The SMILES string of the molecule is [NH3+][C@H](Cc1ccccc1)C(=O)N1CCC[C@H]1C(=O)NCc1cnccc1Cl. The smallest absolute Gasteiger partial charge is 0.281 e. The van der Waals surface area contributed by atoms with Crippen molar-refractivity contribution >= 4 is 23.4 Å². The van der Waals surface area contributed by atoms with Crippen LogP contribution in [0.25, 0.3) is 0 Å². The first kappa shape index (κ1) is 19.3. The Balaban J connectivity index is 1.59. The number of carbonyl (C=O) groups excluding carboxylic acids is 2. The summed E-state index contributed by atoms with van der Waals surface area (Å²) in [5.41, 5.74) is 5.85. The molecule has 1 fully saturated rings. The molecule has 1 aliphatic heterocycles. The zero-order valence-electron chi connectivity index (χ0n) is 15.1. The highest BCUT2D eigenvalue weighted by atomic mass is 35.5. The van der Waals surface area contributed by atoms with Crippen molar-refractivity contribution in [3.05, 3.63) is 64.9 Å². The highest BCUT2D eigenvalue weighted by molar-refractivity contribution is 6.31. The van der Waals surface area contributed by atoms with Crippen molar-refractivity contribution in [3.8, 4) is 0 Å². The zero-order valence-corrected chi connectivity index (χ0v) is 15.9. The first-order valence-corrected chi connectivity index (χ1v) is 9.47. The minimum absolute atomic E-state index is 0.0732. The van der Waals surface area contributed by atoms with Crippen LogP contribution in [0.15, 0.2) is 48.8 Å². The van der Waals surface area contributed by atoms with Crippen LogP contribution in [0.5, 0.6) is 0 Å². The fraction of sp³-hybridized carbons (Fsp3) is 0.350. The van der Waals surface area contributed by atoms with E-state index in [1.165, 1.54) is 0 Å². The molecule has 0 saturated carbocycles. The van der Waals surface area contributed by atoms with Crippen LogP contribution in [-0.2, 0) is 22.6 Å². The van der Waals surface area contributed by atoms with Gasteiger partial charge in [0.1, 0.15) is 6.04 Å². The lowest BCUT2D eigenvalue weighted by Crippen LogP contribution is -2.69. The summed E-state index contributed by atoms with van der Waals surface area (Å²) in [6.45, 7) is 0.882. The number of carbonyl (C=O) groups is 2. The van der Waals surface area contributed by atoms with Gasteiger partial charge in [0.2, 0.25) is 5.91 Å². The van der Waals surface area contributed by atoms with Crippen molar-refractivity contribution in [2.45, 2.75) is 37.9 Å². The molecule has 2 atom stereocenters. The minimum Gasteiger partial charge on any atom is -0.350 e. The second-order valence-corrected chi connectivity index (χ2v) is 7.17. The number of pyridine rings is 1. The van der Waals surface area contributed by atoms with E-state index >= 15 is 0 Å². The number of quaternary nitrogens is 1. The van der Waals surface area contributed by atoms with Gasteiger partial charge in [-0.1, -0.05) is 41.9 Å². The number of nitrogens with one attached hydrogen (secondary N) is 1. The molecule has 2 heterocycles. The first-order valence-electron chi connectivity index (χ1n) is 9.10. The Hall–Kier alpha value is -2.44. The number of rotatable bonds is 6. The lowest BCUT2D eigenvalue weighted by molar-refractivity contribution is -0.405. The maximum atomic E-state index is 12.8. The van der Waals surface area contributed by atoms with Gasteiger partial charge in [-0.3, -0.25) is 14.6 Å². The normalized spacial score (nSPS) is 17.6. The molecule has 0 unspecified atom stereocenters. The Morgan fingerprint density at radius 2 is 2.07 bits per heavy atom. The van der Waals surface area contributed by atoms with Crippen LogP contribution in [0.2, 0.25) is 5.02 Å². The summed E-state index contributed by atoms with van der Waals surface area (Å²) in [5, 5.41) is 3.44. The van der Waals surface area contributed by atoms with Crippen LogP contribution in [0, 0.1) is 0 Å². The average molecular weight is 388 g/mol. The molecule has 2 amide bonds. The third-order valence-corrected chi connectivity index (χ3v) is 5.18. The van der Waals surface area contributed by atoms with Gasteiger partial charge >= 0.3 is 0 Å². The number of aromatic nitrogens is 1. The molecule has 142 valence electrons. The first-order chi connectivity index (χ1) is 13.1. The Kier molecular flexibility index (Phi) is 6.42. The Morgan fingerprint density at radius 1 is 1.30 bits per heavy atom. The predicted molar refractivity (Wildman–Crippen MR) is 103 cm³/mol. The highest BCUT2D eigenvalue weighted by Crippen LogP contribution is 2.19. The Bertz CT molecular complexity index is 800. The zero-order chi connectivity index (χ0) is 19.2. The molecule has 4 N–H and O–H groups in total. The number of nitrogens with zero attached hydrogens (tertiary/aromatic N) is 2. The Labute approximate surface area is 163 Å². The van der Waals surface area contributed by atoms with Gasteiger partial charge in [0.05, 0.1) is 0 Å². The number of amides is 2. The second kappa shape index (κ2) is 8.97. The van der Waals surface area contributed by atoms with Gasteiger partial charge in [-0.2, -0.15) is 0 Å². The van der Waals surface area contributed by atoms with Crippen molar-refractivity contribution < 1.29 is 15.3 Å². The van der Waals surface area contributed by atoms with Gasteiger partial charge in [-0.15, -0.1) is 0 Å². The van der Waals surface area contributed by atoms with Gasteiger partial charge < -0.3 is 16.0 Å². The fourth-order valence-electron chi connectivity index (χ4n) is 3.36. The summed E-state index contributed by atoms with van der Waals surface area (Å²) >= 11 is 6.10. The lowest BCUT2D eigenvalue weighted by atomic mass is 10.1. The van der Waals surface area contributed by atoms with E-state index in [9.17, 15) is 9.59 Å². The highest BCUT2D eigenvalue weighted by Gasteiger charge is 2.37. The summed E-state index contributed by atoms with van der Waals surface area (Å²) in [6.07, 6.45) is 5.28. The second-order valence-electron chi connectivity index (χ2n) is 6.76. The molecule has 0 spiro atoms. The van der Waals surface area contributed by atoms with E-state index in [0.717, 1.165) is 17.5 Å². The number of halogens is 1. The minimum atomic E-state index is -0.451. The molecule has 1 aromatic carbocycles. The molecule has 2 aromatic rings. The quantitative estimate of drug-likeness (QED) is 0.780. The molecule has 3 rings (SSSR count). The van der Waals surface area contributed by atoms with Gasteiger partial charge in [0.25, 0.3) is 5.91 Å². The van der Waals surface area contributed by atoms with Crippen molar-refractivity contribution in [2.24, 2.45) is 0 Å². The summed E-state index contributed by atoms with van der Waals surface area (Å²) in [4.78, 5) is 31.2. The van der Waals surface area contributed by atoms with E-state index in [1.54, 1.807) is 23.4 Å². The fourth-order valence-corrected chi connectivity index (χ4v) is 3.54. The van der Waals surface area contributed by atoms with E-state index < -0.39 is 12.1 Å². The van der Waals surface area contributed by atoms with Crippen LogP contribution in [0.3, 0.4) is 0 Å². The van der Waals surface area contributed by atoms with E-state index in [0.29, 0.717) is 31.0 Å². The molecule has 6 nitrogen and oxygen atoms in total. The molecular formula is C20H24ClN4O2+. The summed E-state index contributed by atoms with van der Waals surface area (Å²) in [7, 11) is 0. The van der Waals surface area contributed by atoms with Crippen LogP contribution in [0.4, 0.5) is 0 Å². The van der Waals surface area contributed by atoms with Gasteiger partial charge in [0, 0.05) is 42.5 Å². The number of hydrogen-bond acceptors (Lipinski definition) is 3. The van der Waals surface area contributed by atoms with Crippen molar-refractivity contribution in [2.75, 3.05) is 6.54 Å². The topological polar surface area (TPSA) is 89.9 Å². The van der Waals surface area contributed by atoms with Crippen molar-refractivity contribution in [3.63, 3.8) is 0 Å². The van der Waals surface area contributed by atoms with Gasteiger partial charge in [-0.05, 0) is 24.5 Å². The van der Waals surface area contributed by atoms with E-state index in [2.05, 4.69) is 16.0 Å². The molecule has 1 aliphatic rings. The van der Waals surface area contributed by atoms with Crippen LogP contribution in [0.1, 0.15) is 24.0 Å². The predicted octanol–water partition coefficient (Wildman–Crippen LogP) is 1.20. The third kappa shape index (κ3) is 4.84. The number of hydrogen-bond donors (Lipinski definition) is 2. The molecule has 7 heteroatoms. The van der Waals surface area contributed by atoms with Crippen LogP contribution < -0.4 is 11.1 Å². The van der Waals surface area contributed by atoms with E-state index in [-0.39, 0.29) is 11.8 Å². The van der Waals surface area contributed by atoms with Crippen LogP contribution >= 0.6 is 11.6 Å². The van der Waals surface area contributed by atoms with E-state index in [4.69, 9.17) is 11.6 Å². The lowest BCUT2D eigenvalue weighted by Gasteiger charge is -2.25. The molecule has 1 aromatic heterocycles. The van der Waals surface area contributed by atoms with Gasteiger partial charge in [0.15, 0.2) is 6.04 Å². The molecule has 0 aliphatic carbocycles. The number of benzene rings is 1. The largest absolute Gasteiger partial charge is 0.350 e. The summed E-state index contributed by atoms with van der Waals surface area (Å²) in [6, 6.07) is 10.6. The van der Waals surface area contributed by atoms with Crippen LogP contribution in [-0.4, -0.2) is 40.3 Å². The maximum absolute atomic E-state index is 12.8. The average Bonchev–Trinajstić information content (AvgIpc) is 3.17. The third-order valence-electron chi connectivity index (χ3n) is 4.81. The summed E-state index contributed by atoms with van der Waals surface area (Å²) < 4.78 is 0. The Morgan fingerprint density at radius 3 is 2.81 bits per heavy atom. The molecule has 1 saturated heterocycles. The molecular weight excluding hydrogens is 364 g/mol. The molecule has 27 heavy (non-hydrogen) atoms. The van der Waals surface area contributed by atoms with Crippen molar-refractivity contribution in [1.29, 1.82) is 0 Å². The van der Waals surface area contributed by atoms with Crippen molar-refractivity contribution in [1.82, 2.24) is 15.2 Å². The number of likely N-dealkylation sites (tertiary alicyclic amines) is 1. The monoisotopic (exact) mass is 387 g/mol.